The van der Waals surface area contributed by atoms with Crippen LogP contribution in [0.25, 0.3) is 0 Å². The van der Waals surface area contributed by atoms with Crippen molar-refractivity contribution >= 4 is 5.97 Å². The lowest BCUT2D eigenvalue weighted by atomic mass is 9.95. The first-order valence-electron chi connectivity index (χ1n) is 8.77. The number of nitrogens with zero attached hydrogens (tertiary/aromatic N) is 1. The van der Waals surface area contributed by atoms with E-state index in [9.17, 15) is 4.79 Å². The van der Waals surface area contributed by atoms with Gasteiger partial charge >= 0.3 is 5.97 Å². The number of aryl methyl sites for hydroxylation is 1. The minimum Gasteiger partial charge on any atom is -0.497 e. The van der Waals surface area contributed by atoms with Gasteiger partial charge in [0.25, 0.3) is 0 Å². The SMILES string of the molecule is CCOC(=O)C1CCCN(CC2CCc3ccc(OC)cc32)C1. The summed E-state index contributed by atoms with van der Waals surface area (Å²) in [5.74, 6) is 1.53. The minimum atomic E-state index is -0.0225. The van der Waals surface area contributed by atoms with Gasteiger partial charge in [0, 0.05) is 13.1 Å². The Bertz CT molecular complexity index is 558. The molecule has 4 heteroatoms. The van der Waals surface area contributed by atoms with Gasteiger partial charge in [0.05, 0.1) is 19.6 Å². The van der Waals surface area contributed by atoms with Gasteiger partial charge in [0.15, 0.2) is 0 Å². The first kappa shape index (κ1) is 16.3. The van der Waals surface area contributed by atoms with Gasteiger partial charge in [-0.25, -0.2) is 0 Å². The molecule has 0 spiro atoms. The number of benzene rings is 1. The predicted molar refractivity (Wildman–Crippen MR) is 89.9 cm³/mol. The van der Waals surface area contributed by atoms with Crippen LogP contribution in [0.1, 0.15) is 43.2 Å². The predicted octanol–water partition coefficient (Wildman–Crippen LogP) is 3.00. The third-order valence-electron chi connectivity index (χ3n) is 5.16. The molecule has 2 atom stereocenters. The topological polar surface area (TPSA) is 38.8 Å². The molecule has 2 aliphatic rings. The summed E-state index contributed by atoms with van der Waals surface area (Å²) in [6.07, 6.45) is 4.40. The van der Waals surface area contributed by atoms with Gasteiger partial charge in [-0.15, -0.1) is 0 Å². The second-order valence-corrected chi connectivity index (χ2v) is 6.65. The third-order valence-corrected chi connectivity index (χ3v) is 5.16. The summed E-state index contributed by atoms with van der Waals surface area (Å²) in [6, 6.07) is 6.45. The van der Waals surface area contributed by atoms with Crippen molar-refractivity contribution < 1.29 is 14.3 Å². The number of rotatable bonds is 5. The molecule has 126 valence electrons. The Morgan fingerprint density at radius 3 is 3.00 bits per heavy atom. The average molecular weight is 317 g/mol. The van der Waals surface area contributed by atoms with E-state index >= 15 is 0 Å². The van der Waals surface area contributed by atoms with Crippen LogP contribution in [-0.2, 0) is 16.0 Å². The van der Waals surface area contributed by atoms with Crippen molar-refractivity contribution in [2.45, 2.75) is 38.5 Å². The van der Waals surface area contributed by atoms with Crippen LogP contribution in [0.5, 0.6) is 5.75 Å². The first-order valence-corrected chi connectivity index (χ1v) is 8.77. The number of methoxy groups -OCH3 is 1. The molecule has 0 bridgehead atoms. The number of ether oxygens (including phenoxy) is 2. The van der Waals surface area contributed by atoms with E-state index in [0.29, 0.717) is 12.5 Å². The summed E-state index contributed by atoms with van der Waals surface area (Å²) in [5, 5.41) is 0. The molecule has 1 aromatic carbocycles. The summed E-state index contributed by atoms with van der Waals surface area (Å²) in [7, 11) is 1.72. The molecule has 0 amide bonds. The van der Waals surface area contributed by atoms with Gasteiger partial charge in [-0.2, -0.15) is 0 Å². The molecule has 1 aliphatic carbocycles. The maximum Gasteiger partial charge on any atom is 0.310 e. The summed E-state index contributed by atoms with van der Waals surface area (Å²) in [6.45, 7) is 5.32. The number of carbonyl (C=O) groups is 1. The lowest BCUT2D eigenvalue weighted by Gasteiger charge is -2.33. The van der Waals surface area contributed by atoms with Crippen LogP contribution < -0.4 is 4.74 Å². The van der Waals surface area contributed by atoms with Crippen molar-refractivity contribution in [3.8, 4) is 5.75 Å². The van der Waals surface area contributed by atoms with Crippen LogP contribution >= 0.6 is 0 Å². The molecule has 1 saturated heterocycles. The molecule has 1 aliphatic heterocycles. The first-order chi connectivity index (χ1) is 11.2. The maximum absolute atomic E-state index is 12.0. The quantitative estimate of drug-likeness (QED) is 0.783. The zero-order valence-electron chi connectivity index (χ0n) is 14.2. The van der Waals surface area contributed by atoms with Crippen LogP contribution in [0.4, 0.5) is 0 Å². The van der Waals surface area contributed by atoms with Crippen molar-refractivity contribution in [1.82, 2.24) is 4.90 Å². The van der Waals surface area contributed by atoms with Gasteiger partial charge < -0.3 is 14.4 Å². The molecule has 2 unspecified atom stereocenters. The smallest absolute Gasteiger partial charge is 0.310 e. The van der Waals surface area contributed by atoms with Gasteiger partial charge in [0.2, 0.25) is 0 Å². The fourth-order valence-electron chi connectivity index (χ4n) is 3.97. The molecule has 4 nitrogen and oxygen atoms in total. The second kappa shape index (κ2) is 7.35. The van der Waals surface area contributed by atoms with E-state index in [1.54, 1.807) is 7.11 Å². The zero-order valence-corrected chi connectivity index (χ0v) is 14.2. The van der Waals surface area contributed by atoms with Gasteiger partial charge in [-0.05, 0) is 68.3 Å². The lowest BCUT2D eigenvalue weighted by Crippen LogP contribution is -2.41. The Morgan fingerprint density at radius 1 is 1.35 bits per heavy atom. The lowest BCUT2D eigenvalue weighted by molar-refractivity contribution is -0.149. The van der Waals surface area contributed by atoms with Crippen LogP contribution in [0.15, 0.2) is 18.2 Å². The van der Waals surface area contributed by atoms with Gasteiger partial charge in [0.1, 0.15) is 5.75 Å². The highest BCUT2D eigenvalue weighted by Crippen LogP contribution is 2.36. The minimum absolute atomic E-state index is 0.0225. The number of hydrogen-bond acceptors (Lipinski definition) is 4. The van der Waals surface area contributed by atoms with Crippen molar-refractivity contribution in [2.75, 3.05) is 33.4 Å². The van der Waals surface area contributed by atoms with Crippen LogP contribution in [0.3, 0.4) is 0 Å². The largest absolute Gasteiger partial charge is 0.497 e. The molecule has 23 heavy (non-hydrogen) atoms. The molecule has 0 radical (unpaired) electrons. The number of piperidine rings is 1. The van der Waals surface area contributed by atoms with E-state index in [-0.39, 0.29) is 11.9 Å². The normalized spacial score (nSPS) is 24.3. The van der Waals surface area contributed by atoms with E-state index < -0.39 is 0 Å². The fraction of sp³-hybridized carbons (Fsp3) is 0.632. The fourth-order valence-corrected chi connectivity index (χ4v) is 3.97. The Hall–Kier alpha value is -1.55. The summed E-state index contributed by atoms with van der Waals surface area (Å²) >= 11 is 0. The van der Waals surface area contributed by atoms with Crippen LogP contribution in [0.2, 0.25) is 0 Å². The molecule has 0 N–H and O–H groups in total. The Kier molecular flexibility index (Phi) is 5.21. The standard InChI is InChI=1S/C19H27NO3/c1-3-23-19(21)16-5-4-10-20(13-16)12-15-7-6-14-8-9-17(22-2)11-18(14)15/h8-9,11,15-16H,3-7,10,12-13H2,1-2H3. The molecule has 0 saturated carbocycles. The summed E-state index contributed by atoms with van der Waals surface area (Å²) < 4.78 is 10.6. The molecule has 1 heterocycles. The van der Waals surface area contributed by atoms with Crippen molar-refractivity contribution in [3.63, 3.8) is 0 Å². The van der Waals surface area contributed by atoms with E-state index in [2.05, 4.69) is 23.1 Å². The van der Waals surface area contributed by atoms with E-state index in [1.165, 1.54) is 17.5 Å². The Balaban J connectivity index is 1.63. The summed E-state index contributed by atoms with van der Waals surface area (Å²) in [5.41, 5.74) is 2.89. The average Bonchev–Trinajstić information content (AvgIpc) is 2.97. The highest BCUT2D eigenvalue weighted by molar-refractivity contribution is 5.72. The second-order valence-electron chi connectivity index (χ2n) is 6.65. The highest BCUT2D eigenvalue weighted by Gasteiger charge is 2.30. The zero-order chi connectivity index (χ0) is 16.2. The van der Waals surface area contributed by atoms with Crippen molar-refractivity contribution in [1.29, 1.82) is 0 Å². The number of likely N-dealkylation sites (tertiary alicyclic amines) is 1. The van der Waals surface area contributed by atoms with Gasteiger partial charge in [-0.3, -0.25) is 4.79 Å². The molecule has 1 fully saturated rings. The number of fused-ring (bicyclic) bond motifs is 1. The van der Waals surface area contributed by atoms with Crippen LogP contribution in [0, 0.1) is 5.92 Å². The Labute approximate surface area is 138 Å². The molecular weight excluding hydrogens is 290 g/mol. The van der Waals surface area contributed by atoms with Crippen molar-refractivity contribution in [2.24, 2.45) is 5.92 Å². The van der Waals surface area contributed by atoms with Crippen molar-refractivity contribution in [3.05, 3.63) is 29.3 Å². The van der Waals surface area contributed by atoms with E-state index in [1.807, 2.05) is 6.92 Å². The number of carbonyl (C=O) groups excluding carboxylic acids is 1. The summed E-state index contributed by atoms with van der Waals surface area (Å²) in [4.78, 5) is 14.4. The monoisotopic (exact) mass is 317 g/mol. The van der Waals surface area contributed by atoms with E-state index in [4.69, 9.17) is 9.47 Å². The maximum atomic E-state index is 12.0. The Morgan fingerprint density at radius 2 is 2.22 bits per heavy atom. The molecule has 1 aromatic rings. The molecular formula is C19H27NO3. The van der Waals surface area contributed by atoms with Crippen LogP contribution in [-0.4, -0.2) is 44.2 Å². The number of hydrogen-bond donors (Lipinski definition) is 0. The van der Waals surface area contributed by atoms with Gasteiger partial charge in [-0.1, -0.05) is 6.07 Å². The molecule has 3 rings (SSSR count). The molecule has 0 aromatic heterocycles. The van der Waals surface area contributed by atoms with E-state index in [0.717, 1.165) is 44.6 Å². The third kappa shape index (κ3) is 3.69. The highest BCUT2D eigenvalue weighted by atomic mass is 16.5. The number of esters is 1.